The zero-order chi connectivity index (χ0) is 19.3. The first kappa shape index (κ1) is 19.9. The average Bonchev–Trinajstić information content (AvgIpc) is 2.88. The Morgan fingerprint density at radius 2 is 1.81 bits per heavy atom. The standard InChI is InChI=1S/C17H22N2O6S/c1-11-5-12(2)7-13(6-11)17(22)18-8-16(21)25-9-15(20)19-14-3-4-26(23,24)10-14/h5-7,14H,3-4,8-10H2,1-2H3,(H,18,22)(H,19,20). The zero-order valence-corrected chi connectivity index (χ0v) is 15.5. The molecule has 1 saturated heterocycles. The van der Waals surface area contributed by atoms with Gasteiger partial charge in [-0.2, -0.15) is 0 Å². The summed E-state index contributed by atoms with van der Waals surface area (Å²) in [5.74, 6) is -1.78. The number of carbonyl (C=O) groups excluding carboxylic acids is 3. The van der Waals surface area contributed by atoms with E-state index in [0.717, 1.165) is 11.1 Å². The van der Waals surface area contributed by atoms with Gasteiger partial charge in [0.2, 0.25) is 0 Å². The molecule has 1 aliphatic rings. The van der Waals surface area contributed by atoms with Crippen molar-refractivity contribution in [3.63, 3.8) is 0 Å². The lowest BCUT2D eigenvalue weighted by Gasteiger charge is -2.11. The summed E-state index contributed by atoms with van der Waals surface area (Å²) in [6, 6.07) is 4.89. The largest absolute Gasteiger partial charge is 0.454 e. The average molecular weight is 382 g/mol. The minimum absolute atomic E-state index is 0.0438. The molecule has 0 bridgehead atoms. The summed E-state index contributed by atoms with van der Waals surface area (Å²) >= 11 is 0. The molecule has 2 N–H and O–H groups in total. The first-order valence-corrected chi connectivity index (χ1v) is 9.99. The number of nitrogens with one attached hydrogen (secondary N) is 2. The first-order chi connectivity index (χ1) is 12.1. The summed E-state index contributed by atoms with van der Waals surface area (Å²) in [5, 5.41) is 4.95. The summed E-state index contributed by atoms with van der Waals surface area (Å²) in [4.78, 5) is 35.4. The Labute approximate surface area is 152 Å². The Morgan fingerprint density at radius 1 is 1.15 bits per heavy atom. The van der Waals surface area contributed by atoms with Crippen LogP contribution in [0.5, 0.6) is 0 Å². The predicted octanol–water partition coefficient (Wildman–Crippen LogP) is -0.120. The molecule has 0 spiro atoms. The van der Waals surface area contributed by atoms with E-state index in [1.165, 1.54) is 0 Å². The molecule has 1 aliphatic heterocycles. The predicted molar refractivity (Wildman–Crippen MR) is 94.4 cm³/mol. The van der Waals surface area contributed by atoms with Gasteiger partial charge in [0, 0.05) is 11.6 Å². The van der Waals surface area contributed by atoms with E-state index in [1.807, 2.05) is 19.9 Å². The van der Waals surface area contributed by atoms with Crippen LogP contribution in [0, 0.1) is 13.8 Å². The van der Waals surface area contributed by atoms with E-state index in [9.17, 15) is 22.8 Å². The van der Waals surface area contributed by atoms with Crippen LogP contribution in [0.3, 0.4) is 0 Å². The minimum atomic E-state index is -3.09. The maximum atomic E-state index is 12.0. The molecule has 1 aromatic rings. The lowest BCUT2D eigenvalue weighted by atomic mass is 10.1. The van der Waals surface area contributed by atoms with Crippen molar-refractivity contribution in [2.75, 3.05) is 24.7 Å². The fourth-order valence-electron chi connectivity index (χ4n) is 2.74. The molecule has 0 aliphatic carbocycles. The third kappa shape index (κ3) is 6.14. The molecule has 0 aromatic heterocycles. The maximum Gasteiger partial charge on any atom is 0.325 e. The molecule has 1 atom stereocenters. The van der Waals surface area contributed by atoms with Crippen molar-refractivity contribution in [1.29, 1.82) is 0 Å². The van der Waals surface area contributed by atoms with Crippen LogP contribution in [0.2, 0.25) is 0 Å². The van der Waals surface area contributed by atoms with Gasteiger partial charge in [-0.15, -0.1) is 0 Å². The third-order valence-electron chi connectivity index (χ3n) is 3.84. The Bertz CT molecular complexity index is 798. The molecule has 2 amide bonds. The highest BCUT2D eigenvalue weighted by atomic mass is 32.2. The van der Waals surface area contributed by atoms with Crippen LogP contribution in [0.1, 0.15) is 27.9 Å². The van der Waals surface area contributed by atoms with Crippen LogP contribution >= 0.6 is 0 Å². The molecule has 1 fully saturated rings. The molecule has 142 valence electrons. The van der Waals surface area contributed by atoms with Gasteiger partial charge in [-0.05, 0) is 32.4 Å². The van der Waals surface area contributed by atoms with Crippen LogP contribution < -0.4 is 10.6 Å². The van der Waals surface area contributed by atoms with Gasteiger partial charge >= 0.3 is 5.97 Å². The highest BCUT2D eigenvalue weighted by Crippen LogP contribution is 2.11. The molecular formula is C17H22N2O6S. The van der Waals surface area contributed by atoms with Gasteiger partial charge in [0.1, 0.15) is 6.54 Å². The van der Waals surface area contributed by atoms with E-state index in [0.29, 0.717) is 12.0 Å². The molecule has 2 rings (SSSR count). The summed E-state index contributed by atoms with van der Waals surface area (Å²) in [7, 11) is -3.09. The van der Waals surface area contributed by atoms with Gasteiger partial charge in [-0.1, -0.05) is 17.2 Å². The molecule has 9 heteroatoms. The lowest BCUT2D eigenvalue weighted by molar-refractivity contribution is -0.147. The molecule has 0 saturated carbocycles. The normalized spacial score (nSPS) is 18.2. The molecule has 0 radical (unpaired) electrons. The van der Waals surface area contributed by atoms with Crippen LogP contribution in [0.4, 0.5) is 0 Å². The second kappa shape index (κ2) is 8.31. The molecule has 8 nitrogen and oxygen atoms in total. The second-order valence-corrected chi connectivity index (χ2v) is 8.62. The van der Waals surface area contributed by atoms with Crippen LogP contribution in [0.15, 0.2) is 18.2 Å². The van der Waals surface area contributed by atoms with Crippen molar-refractivity contribution in [2.24, 2.45) is 0 Å². The topological polar surface area (TPSA) is 119 Å². The summed E-state index contributed by atoms with van der Waals surface area (Å²) in [6.07, 6.45) is 0.355. The molecule has 1 heterocycles. The van der Waals surface area contributed by atoms with Gasteiger partial charge in [0.25, 0.3) is 11.8 Å². The van der Waals surface area contributed by atoms with Gasteiger partial charge in [0.05, 0.1) is 11.5 Å². The van der Waals surface area contributed by atoms with Gasteiger partial charge < -0.3 is 15.4 Å². The smallest absolute Gasteiger partial charge is 0.325 e. The monoisotopic (exact) mass is 382 g/mol. The second-order valence-electron chi connectivity index (χ2n) is 6.39. The molecule has 1 unspecified atom stereocenters. The molecule has 1 aromatic carbocycles. The number of hydrogen-bond donors (Lipinski definition) is 2. The van der Waals surface area contributed by atoms with Crippen LogP contribution in [-0.4, -0.2) is 56.9 Å². The van der Waals surface area contributed by atoms with Crippen molar-refractivity contribution in [1.82, 2.24) is 10.6 Å². The van der Waals surface area contributed by atoms with E-state index in [1.54, 1.807) is 12.1 Å². The fourth-order valence-corrected chi connectivity index (χ4v) is 4.41. The summed E-state index contributed by atoms with van der Waals surface area (Å²) in [5.41, 5.74) is 2.31. The molecular weight excluding hydrogens is 360 g/mol. The Kier molecular flexibility index (Phi) is 6.36. The minimum Gasteiger partial charge on any atom is -0.454 e. The fraction of sp³-hybridized carbons (Fsp3) is 0.471. The summed E-state index contributed by atoms with van der Waals surface area (Å²) in [6.45, 7) is 2.85. The van der Waals surface area contributed by atoms with Crippen molar-refractivity contribution in [3.8, 4) is 0 Å². The SMILES string of the molecule is Cc1cc(C)cc(C(=O)NCC(=O)OCC(=O)NC2CCS(=O)(=O)C2)c1. The number of amides is 2. The number of ether oxygens (including phenoxy) is 1. The first-order valence-electron chi connectivity index (χ1n) is 8.16. The lowest BCUT2D eigenvalue weighted by Crippen LogP contribution is -2.39. The molecule has 26 heavy (non-hydrogen) atoms. The van der Waals surface area contributed by atoms with Crippen molar-refractivity contribution >= 4 is 27.6 Å². The number of benzene rings is 1. The number of esters is 1. The van der Waals surface area contributed by atoms with E-state index in [-0.39, 0.29) is 18.1 Å². The van der Waals surface area contributed by atoms with Crippen molar-refractivity contribution < 1.29 is 27.5 Å². The van der Waals surface area contributed by atoms with E-state index >= 15 is 0 Å². The zero-order valence-electron chi connectivity index (χ0n) is 14.7. The number of carbonyl (C=O) groups is 3. The van der Waals surface area contributed by atoms with Gasteiger partial charge in [-0.3, -0.25) is 14.4 Å². The Hall–Kier alpha value is -2.42. The van der Waals surface area contributed by atoms with Crippen molar-refractivity contribution in [3.05, 3.63) is 34.9 Å². The number of rotatable bonds is 6. The Morgan fingerprint density at radius 3 is 2.38 bits per heavy atom. The Balaban J connectivity index is 1.71. The van der Waals surface area contributed by atoms with Crippen LogP contribution in [0.25, 0.3) is 0 Å². The highest BCUT2D eigenvalue weighted by molar-refractivity contribution is 7.91. The van der Waals surface area contributed by atoms with Crippen molar-refractivity contribution in [2.45, 2.75) is 26.3 Å². The summed E-state index contributed by atoms with van der Waals surface area (Å²) < 4.78 is 27.4. The number of aryl methyl sites for hydroxylation is 2. The highest BCUT2D eigenvalue weighted by Gasteiger charge is 2.29. The quantitative estimate of drug-likeness (QED) is 0.662. The van der Waals surface area contributed by atoms with E-state index in [2.05, 4.69) is 10.6 Å². The van der Waals surface area contributed by atoms with Crippen LogP contribution in [-0.2, 0) is 24.2 Å². The number of sulfone groups is 1. The van der Waals surface area contributed by atoms with Gasteiger partial charge in [-0.25, -0.2) is 8.42 Å². The third-order valence-corrected chi connectivity index (χ3v) is 5.61. The number of hydrogen-bond acceptors (Lipinski definition) is 6. The van der Waals surface area contributed by atoms with Gasteiger partial charge in [0.15, 0.2) is 16.4 Å². The maximum absolute atomic E-state index is 12.0. The van der Waals surface area contributed by atoms with E-state index in [4.69, 9.17) is 4.74 Å². The van der Waals surface area contributed by atoms with E-state index < -0.39 is 40.3 Å².